The molecule has 0 unspecified atom stereocenters. The third-order valence-electron chi connectivity index (χ3n) is 1.51. The van der Waals surface area contributed by atoms with E-state index in [4.69, 9.17) is 0 Å². The summed E-state index contributed by atoms with van der Waals surface area (Å²) in [6, 6.07) is 0. The fourth-order valence-electron chi connectivity index (χ4n) is 0.914. The first-order valence-corrected chi connectivity index (χ1v) is 6.08. The smallest absolute Gasteiger partial charge is 0.00965 e. The van der Waals surface area contributed by atoms with Gasteiger partial charge in [-0.3, -0.25) is 0 Å². The monoisotopic (exact) mass is 203 g/mol. The maximum atomic E-state index is 3.49. The molecule has 0 aromatic heterocycles. The molecule has 0 atom stereocenters. The van der Waals surface area contributed by atoms with E-state index in [-0.39, 0.29) is 5.54 Å². The van der Waals surface area contributed by atoms with Gasteiger partial charge < -0.3 is 5.32 Å². The molecule has 1 N–H and O–H groups in total. The van der Waals surface area contributed by atoms with Gasteiger partial charge in [0.25, 0.3) is 0 Å². The van der Waals surface area contributed by atoms with Crippen molar-refractivity contribution in [2.24, 2.45) is 0 Å². The maximum absolute atomic E-state index is 3.49. The van der Waals surface area contributed by atoms with Gasteiger partial charge in [-0.25, -0.2) is 0 Å². The summed E-state index contributed by atoms with van der Waals surface area (Å²) >= 11 is 2.04. The van der Waals surface area contributed by atoms with Crippen molar-refractivity contribution in [2.75, 3.05) is 12.3 Å². The first kappa shape index (κ1) is 13.3. The van der Waals surface area contributed by atoms with Crippen molar-refractivity contribution in [3.05, 3.63) is 0 Å². The first-order valence-electron chi connectivity index (χ1n) is 5.10. The molecule has 2 heteroatoms. The largest absolute Gasteiger partial charge is 0.312 e. The number of thioether (sulfide) groups is 1. The predicted octanol–water partition coefficient (Wildman–Crippen LogP) is 3.30. The molecular weight excluding hydrogens is 178 g/mol. The molecule has 0 amide bonds. The molecule has 13 heavy (non-hydrogen) atoms. The highest BCUT2D eigenvalue weighted by molar-refractivity contribution is 8.00. The van der Waals surface area contributed by atoms with E-state index in [1.165, 1.54) is 12.2 Å². The zero-order chi connectivity index (χ0) is 10.5. The highest BCUT2D eigenvalue weighted by Gasteiger charge is 2.10. The summed E-state index contributed by atoms with van der Waals surface area (Å²) in [7, 11) is 0. The maximum Gasteiger partial charge on any atom is 0.00965 e. The van der Waals surface area contributed by atoms with E-state index >= 15 is 0 Å². The van der Waals surface area contributed by atoms with Crippen molar-refractivity contribution >= 4 is 11.8 Å². The molecule has 0 aromatic carbocycles. The van der Waals surface area contributed by atoms with Crippen LogP contribution in [0.1, 0.15) is 48.0 Å². The highest BCUT2D eigenvalue weighted by atomic mass is 32.2. The van der Waals surface area contributed by atoms with Crippen LogP contribution in [0.2, 0.25) is 0 Å². The van der Waals surface area contributed by atoms with Crippen molar-refractivity contribution in [3.8, 4) is 0 Å². The molecule has 80 valence electrons. The van der Waals surface area contributed by atoms with E-state index in [2.05, 4.69) is 46.9 Å². The van der Waals surface area contributed by atoms with Crippen LogP contribution >= 0.6 is 11.8 Å². The third kappa shape index (κ3) is 12.3. The van der Waals surface area contributed by atoms with Gasteiger partial charge in [0.05, 0.1) is 0 Å². The van der Waals surface area contributed by atoms with Gasteiger partial charge in [-0.15, -0.1) is 0 Å². The molecule has 0 saturated carbocycles. The van der Waals surface area contributed by atoms with E-state index in [0.29, 0.717) is 4.75 Å². The number of hydrogen-bond acceptors (Lipinski definition) is 2. The summed E-state index contributed by atoms with van der Waals surface area (Å²) in [5.74, 6) is 1.26. The normalized spacial score (nSPS) is 13.4. The molecule has 0 fully saturated rings. The Morgan fingerprint density at radius 2 is 1.54 bits per heavy atom. The highest BCUT2D eigenvalue weighted by Crippen LogP contribution is 2.23. The third-order valence-corrected chi connectivity index (χ3v) is 2.87. The molecule has 0 aliphatic heterocycles. The van der Waals surface area contributed by atoms with Crippen molar-refractivity contribution < 1.29 is 0 Å². The minimum absolute atomic E-state index is 0.270. The Kier molecular flexibility index (Phi) is 5.38. The molecule has 0 bridgehead atoms. The average molecular weight is 203 g/mol. The minimum Gasteiger partial charge on any atom is -0.312 e. The fourth-order valence-corrected chi connectivity index (χ4v) is 1.81. The molecule has 0 saturated heterocycles. The zero-order valence-electron chi connectivity index (χ0n) is 10.0. The summed E-state index contributed by atoms with van der Waals surface area (Å²) in [6.07, 6.45) is 1.26. The Morgan fingerprint density at radius 3 is 1.92 bits per heavy atom. The van der Waals surface area contributed by atoms with E-state index in [1.807, 2.05) is 11.8 Å². The molecule has 1 nitrogen and oxygen atoms in total. The Balaban J connectivity index is 3.28. The molecule has 0 aliphatic carbocycles. The van der Waals surface area contributed by atoms with Crippen LogP contribution in [0.15, 0.2) is 0 Å². The van der Waals surface area contributed by atoms with Gasteiger partial charge in [0.2, 0.25) is 0 Å². The Labute approximate surface area is 88.1 Å². The molecule has 0 spiro atoms. The van der Waals surface area contributed by atoms with Crippen molar-refractivity contribution in [2.45, 2.75) is 58.2 Å². The zero-order valence-corrected chi connectivity index (χ0v) is 10.8. The lowest BCUT2D eigenvalue weighted by molar-refractivity contribution is 0.427. The van der Waals surface area contributed by atoms with Crippen LogP contribution in [0.3, 0.4) is 0 Å². The lowest BCUT2D eigenvalue weighted by atomic mass is 10.1. The topological polar surface area (TPSA) is 12.0 Å². The minimum atomic E-state index is 0.270. The van der Waals surface area contributed by atoms with Gasteiger partial charge in [-0.1, -0.05) is 20.8 Å². The number of hydrogen-bond donors (Lipinski definition) is 1. The standard InChI is InChI=1S/C11H25NS/c1-10(2,3)12-8-7-9-13-11(4,5)6/h12H,7-9H2,1-6H3. The van der Waals surface area contributed by atoms with Crippen molar-refractivity contribution in [1.82, 2.24) is 5.32 Å². The van der Waals surface area contributed by atoms with Crippen LogP contribution in [-0.4, -0.2) is 22.6 Å². The lowest BCUT2D eigenvalue weighted by Crippen LogP contribution is -2.36. The summed E-state index contributed by atoms with van der Waals surface area (Å²) in [4.78, 5) is 0. The summed E-state index contributed by atoms with van der Waals surface area (Å²) < 4.78 is 0.418. The SMILES string of the molecule is CC(C)(C)NCCCSC(C)(C)C. The van der Waals surface area contributed by atoms with Gasteiger partial charge in [0.1, 0.15) is 0 Å². The van der Waals surface area contributed by atoms with Gasteiger partial charge in [-0.05, 0) is 39.5 Å². The van der Waals surface area contributed by atoms with Crippen LogP contribution in [-0.2, 0) is 0 Å². The van der Waals surface area contributed by atoms with Gasteiger partial charge in [0, 0.05) is 10.3 Å². The van der Waals surface area contributed by atoms with Crippen molar-refractivity contribution in [3.63, 3.8) is 0 Å². The second kappa shape index (κ2) is 5.26. The molecule has 0 rings (SSSR count). The molecular formula is C11H25NS. The van der Waals surface area contributed by atoms with E-state index in [9.17, 15) is 0 Å². The van der Waals surface area contributed by atoms with Gasteiger partial charge >= 0.3 is 0 Å². The second-order valence-corrected chi connectivity index (χ2v) is 7.41. The van der Waals surface area contributed by atoms with Crippen molar-refractivity contribution in [1.29, 1.82) is 0 Å². The Bertz CT molecular complexity index is 114. The quantitative estimate of drug-likeness (QED) is 0.704. The van der Waals surface area contributed by atoms with E-state index < -0.39 is 0 Å². The molecule has 0 aliphatic rings. The van der Waals surface area contributed by atoms with Crippen LogP contribution in [0.4, 0.5) is 0 Å². The fraction of sp³-hybridized carbons (Fsp3) is 1.00. The number of rotatable bonds is 4. The van der Waals surface area contributed by atoms with Crippen LogP contribution in [0.25, 0.3) is 0 Å². The molecule has 0 heterocycles. The lowest BCUT2D eigenvalue weighted by Gasteiger charge is -2.21. The van der Waals surface area contributed by atoms with Crippen LogP contribution in [0.5, 0.6) is 0 Å². The molecule has 0 radical (unpaired) electrons. The van der Waals surface area contributed by atoms with Crippen LogP contribution < -0.4 is 5.32 Å². The number of nitrogens with one attached hydrogen (secondary N) is 1. The second-order valence-electron chi connectivity index (χ2n) is 5.49. The Hall–Kier alpha value is 0.310. The van der Waals surface area contributed by atoms with E-state index in [0.717, 1.165) is 6.54 Å². The predicted molar refractivity (Wildman–Crippen MR) is 64.6 cm³/mol. The molecule has 0 aromatic rings. The van der Waals surface area contributed by atoms with Gasteiger partial charge in [0.15, 0.2) is 0 Å². The van der Waals surface area contributed by atoms with Gasteiger partial charge in [-0.2, -0.15) is 11.8 Å². The summed E-state index contributed by atoms with van der Waals surface area (Å²) in [5.41, 5.74) is 0.270. The summed E-state index contributed by atoms with van der Waals surface area (Å²) in [6.45, 7) is 14.6. The van der Waals surface area contributed by atoms with Crippen LogP contribution in [0, 0.1) is 0 Å². The first-order chi connectivity index (χ1) is 5.71. The Morgan fingerprint density at radius 1 is 1.00 bits per heavy atom. The summed E-state index contributed by atoms with van der Waals surface area (Å²) in [5, 5.41) is 3.49. The van der Waals surface area contributed by atoms with E-state index in [1.54, 1.807) is 0 Å². The average Bonchev–Trinajstić information content (AvgIpc) is 1.81.